The van der Waals surface area contributed by atoms with Gasteiger partial charge < -0.3 is 20.1 Å². The molecule has 5 nitrogen and oxygen atoms in total. The first-order chi connectivity index (χ1) is 9.95. The zero-order chi connectivity index (χ0) is 16.1. The van der Waals surface area contributed by atoms with E-state index in [-0.39, 0.29) is 11.5 Å². The molecule has 0 aliphatic rings. The van der Waals surface area contributed by atoms with E-state index in [4.69, 9.17) is 9.47 Å². The largest absolute Gasteiger partial charge is 0.380 e. The van der Waals surface area contributed by atoms with E-state index in [1.165, 1.54) is 6.42 Å². The predicted octanol–water partition coefficient (Wildman–Crippen LogP) is 2.42. The molecule has 5 heteroatoms. The third-order valence-electron chi connectivity index (χ3n) is 3.19. The Hall–Kier alpha value is -0.810. The summed E-state index contributed by atoms with van der Waals surface area (Å²) in [4.78, 5) is 4.60. The molecule has 0 saturated carbocycles. The summed E-state index contributed by atoms with van der Waals surface area (Å²) >= 11 is 0. The second kappa shape index (κ2) is 11.8. The number of rotatable bonds is 10. The summed E-state index contributed by atoms with van der Waals surface area (Å²) in [5.74, 6) is 0.822. The van der Waals surface area contributed by atoms with Crippen molar-refractivity contribution in [1.29, 1.82) is 0 Å². The molecule has 0 bridgehead atoms. The fourth-order valence-electron chi connectivity index (χ4n) is 1.81. The lowest BCUT2D eigenvalue weighted by Crippen LogP contribution is -2.40. The van der Waals surface area contributed by atoms with Gasteiger partial charge in [0.15, 0.2) is 5.96 Å². The van der Waals surface area contributed by atoms with Gasteiger partial charge >= 0.3 is 0 Å². The molecule has 0 aromatic rings. The van der Waals surface area contributed by atoms with Crippen molar-refractivity contribution >= 4 is 5.96 Å². The fourth-order valence-corrected chi connectivity index (χ4v) is 1.81. The molecule has 1 unspecified atom stereocenters. The van der Waals surface area contributed by atoms with Crippen molar-refractivity contribution in [2.45, 2.75) is 53.6 Å². The molecule has 0 saturated heterocycles. The third kappa shape index (κ3) is 10.5. The van der Waals surface area contributed by atoms with Crippen LogP contribution in [0.25, 0.3) is 0 Å². The summed E-state index contributed by atoms with van der Waals surface area (Å²) in [6.07, 6.45) is 2.40. The topological polar surface area (TPSA) is 54.9 Å². The fraction of sp³-hybridized carbons (Fsp3) is 0.938. The van der Waals surface area contributed by atoms with Gasteiger partial charge in [0.05, 0.1) is 19.3 Å². The molecule has 0 fully saturated rings. The molecule has 1 atom stereocenters. The summed E-state index contributed by atoms with van der Waals surface area (Å²) in [6.45, 7) is 14.5. The van der Waals surface area contributed by atoms with Crippen molar-refractivity contribution in [3.8, 4) is 0 Å². The Morgan fingerprint density at radius 3 is 2.38 bits per heavy atom. The Bertz CT molecular complexity index is 275. The summed E-state index contributed by atoms with van der Waals surface area (Å²) in [7, 11) is 1.74. The van der Waals surface area contributed by atoms with Gasteiger partial charge in [-0.15, -0.1) is 0 Å². The van der Waals surface area contributed by atoms with Crippen LogP contribution < -0.4 is 10.6 Å². The van der Waals surface area contributed by atoms with Crippen molar-refractivity contribution in [1.82, 2.24) is 10.6 Å². The molecule has 0 aliphatic carbocycles. The molecule has 2 N–H and O–H groups in total. The molecule has 0 amide bonds. The highest BCUT2D eigenvalue weighted by atomic mass is 16.5. The summed E-state index contributed by atoms with van der Waals surface area (Å²) in [5, 5.41) is 6.53. The molecular weight excluding hydrogens is 266 g/mol. The van der Waals surface area contributed by atoms with Crippen molar-refractivity contribution in [2.75, 3.05) is 40.0 Å². The maximum Gasteiger partial charge on any atom is 0.191 e. The van der Waals surface area contributed by atoms with Gasteiger partial charge in [-0.1, -0.05) is 34.1 Å². The van der Waals surface area contributed by atoms with E-state index in [9.17, 15) is 0 Å². The minimum Gasteiger partial charge on any atom is -0.380 e. The first-order valence-electron chi connectivity index (χ1n) is 8.08. The standard InChI is InChI=1S/C16H35N3O2/c1-7-9-11-21-12-10-18-15(17-8-2)19-13-14(20-6)16(3,4)5/h14H,7-13H2,1-6H3,(H2,17,18,19). The van der Waals surface area contributed by atoms with Crippen LogP contribution in [0.3, 0.4) is 0 Å². The van der Waals surface area contributed by atoms with Crippen LogP contribution in [0.5, 0.6) is 0 Å². The Labute approximate surface area is 130 Å². The van der Waals surface area contributed by atoms with Crippen LogP contribution in [0.4, 0.5) is 0 Å². The highest BCUT2D eigenvalue weighted by Gasteiger charge is 2.23. The zero-order valence-electron chi connectivity index (χ0n) is 14.8. The van der Waals surface area contributed by atoms with Crippen LogP contribution in [0.1, 0.15) is 47.5 Å². The molecule has 0 heterocycles. The Morgan fingerprint density at radius 2 is 1.86 bits per heavy atom. The number of unbranched alkanes of at least 4 members (excludes halogenated alkanes) is 1. The average Bonchev–Trinajstić information content (AvgIpc) is 2.41. The number of nitrogens with zero attached hydrogens (tertiary/aromatic N) is 1. The van der Waals surface area contributed by atoms with Gasteiger partial charge in [-0.2, -0.15) is 0 Å². The zero-order valence-corrected chi connectivity index (χ0v) is 14.8. The van der Waals surface area contributed by atoms with Gasteiger partial charge in [-0.3, -0.25) is 4.99 Å². The number of guanidine groups is 1. The van der Waals surface area contributed by atoms with E-state index in [0.29, 0.717) is 13.2 Å². The molecule has 0 rings (SSSR count). The van der Waals surface area contributed by atoms with E-state index >= 15 is 0 Å². The van der Waals surface area contributed by atoms with Gasteiger partial charge in [0.25, 0.3) is 0 Å². The molecule has 0 aromatic heterocycles. The molecule has 21 heavy (non-hydrogen) atoms. The molecular formula is C16H35N3O2. The average molecular weight is 301 g/mol. The van der Waals surface area contributed by atoms with Crippen LogP contribution in [0.15, 0.2) is 4.99 Å². The van der Waals surface area contributed by atoms with Gasteiger partial charge in [-0.25, -0.2) is 0 Å². The second-order valence-electron chi connectivity index (χ2n) is 6.20. The van der Waals surface area contributed by atoms with Gasteiger partial charge in [0, 0.05) is 26.8 Å². The van der Waals surface area contributed by atoms with Crippen LogP contribution in [-0.4, -0.2) is 52.0 Å². The van der Waals surface area contributed by atoms with Crippen LogP contribution >= 0.6 is 0 Å². The SMILES string of the molecule is CCCCOCCNC(=NCC(OC)C(C)(C)C)NCC. The van der Waals surface area contributed by atoms with Gasteiger partial charge in [0.1, 0.15) is 0 Å². The highest BCUT2D eigenvalue weighted by molar-refractivity contribution is 5.79. The molecule has 0 spiro atoms. The smallest absolute Gasteiger partial charge is 0.191 e. The summed E-state index contributed by atoms with van der Waals surface area (Å²) < 4.78 is 11.1. The maximum absolute atomic E-state index is 5.53. The van der Waals surface area contributed by atoms with E-state index in [1.54, 1.807) is 7.11 Å². The second-order valence-corrected chi connectivity index (χ2v) is 6.20. The van der Waals surface area contributed by atoms with E-state index < -0.39 is 0 Å². The number of hydrogen-bond donors (Lipinski definition) is 2. The lowest BCUT2D eigenvalue weighted by molar-refractivity contribution is 0.0241. The van der Waals surface area contributed by atoms with Crippen LogP contribution in [0, 0.1) is 5.41 Å². The number of ether oxygens (including phenoxy) is 2. The van der Waals surface area contributed by atoms with Crippen molar-refractivity contribution in [3.63, 3.8) is 0 Å². The maximum atomic E-state index is 5.53. The summed E-state index contributed by atoms with van der Waals surface area (Å²) in [5.41, 5.74) is 0.0822. The Morgan fingerprint density at radius 1 is 1.14 bits per heavy atom. The molecule has 0 aliphatic heterocycles. The Kier molecular flexibility index (Phi) is 11.4. The summed E-state index contributed by atoms with van der Waals surface area (Å²) in [6, 6.07) is 0. The number of hydrogen-bond acceptors (Lipinski definition) is 3. The minimum absolute atomic E-state index is 0.0822. The first-order valence-corrected chi connectivity index (χ1v) is 8.08. The lowest BCUT2D eigenvalue weighted by atomic mass is 9.89. The number of nitrogens with one attached hydrogen (secondary N) is 2. The quantitative estimate of drug-likeness (QED) is 0.370. The highest BCUT2D eigenvalue weighted by Crippen LogP contribution is 2.21. The molecule has 0 radical (unpaired) electrons. The van der Waals surface area contributed by atoms with Crippen molar-refractivity contribution < 1.29 is 9.47 Å². The lowest BCUT2D eigenvalue weighted by Gasteiger charge is -2.28. The minimum atomic E-state index is 0.0822. The third-order valence-corrected chi connectivity index (χ3v) is 3.19. The predicted molar refractivity (Wildman–Crippen MR) is 90.0 cm³/mol. The molecule has 126 valence electrons. The normalized spacial score (nSPS) is 14.1. The van der Waals surface area contributed by atoms with E-state index in [0.717, 1.165) is 32.1 Å². The monoisotopic (exact) mass is 301 g/mol. The number of methoxy groups -OCH3 is 1. The first kappa shape index (κ1) is 20.2. The van der Waals surface area contributed by atoms with Crippen molar-refractivity contribution in [3.05, 3.63) is 0 Å². The van der Waals surface area contributed by atoms with Crippen LogP contribution in [0.2, 0.25) is 0 Å². The van der Waals surface area contributed by atoms with Gasteiger partial charge in [0.2, 0.25) is 0 Å². The van der Waals surface area contributed by atoms with Crippen LogP contribution in [-0.2, 0) is 9.47 Å². The van der Waals surface area contributed by atoms with E-state index in [1.807, 2.05) is 0 Å². The van der Waals surface area contributed by atoms with Crippen molar-refractivity contribution in [2.24, 2.45) is 10.4 Å². The molecule has 0 aromatic carbocycles. The van der Waals surface area contributed by atoms with Gasteiger partial charge in [-0.05, 0) is 18.8 Å². The number of aliphatic imine (C=N–C) groups is 1. The van der Waals surface area contributed by atoms with E-state index in [2.05, 4.69) is 50.2 Å². The Balaban J connectivity index is 4.17.